The largest absolute Gasteiger partial charge is 0.444 e. The fraction of sp³-hybridized carbons (Fsp3) is 0.818. The van der Waals surface area contributed by atoms with E-state index in [1.807, 2.05) is 0 Å². The van der Waals surface area contributed by atoms with Crippen LogP contribution in [0.1, 0.15) is 33.6 Å². The SMILES string of the molecule is CC(C)(C)OC(=O)N1CCCC1(C(N)=S)C(F)(F)F. The number of hydrogen-bond acceptors (Lipinski definition) is 3. The van der Waals surface area contributed by atoms with Gasteiger partial charge in [-0.15, -0.1) is 0 Å². The van der Waals surface area contributed by atoms with Gasteiger partial charge in [-0.1, -0.05) is 12.2 Å². The standard InChI is InChI=1S/C11H17F3N2O2S/c1-9(2,3)18-8(17)16-6-4-5-10(16,7(15)19)11(12,13)14/h4-6H2,1-3H3,(H2,15,19). The highest BCUT2D eigenvalue weighted by molar-refractivity contribution is 7.80. The number of rotatable bonds is 1. The van der Waals surface area contributed by atoms with Crippen molar-refractivity contribution < 1.29 is 22.7 Å². The summed E-state index contributed by atoms with van der Waals surface area (Å²) in [6.45, 7) is 4.66. The van der Waals surface area contributed by atoms with E-state index >= 15 is 0 Å². The molecule has 0 spiro atoms. The number of halogens is 3. The molecule has 1 rings (SSSR count). The number of ether oxygens (including phenoxy) is 1. The normalized spacial score (nSPS) is 24.4. The minimum Gasteiger partial charge on any atom is -0.444 e. The van der Waals surface area contributed by atoms with Crippen molar-refractivity contribution in [1.29, 1.82) is 0 Å². The van der Waals surface area contributed by atoms with Crippen LogP contribution in [0.5, 0.6) is 0 Å². The Hall–Kier alpha value is -1.05. The lowest BCUT2D eigenvalue weighted by Gasteiger charge is -2.39. The minimum absolute atomic E-state index is 0.0776. The minimum atomic E-state index is -4.72. The Labute approximate surface area is 115 Å². The van der Waals surface area contributed by atoms with E-state index in [1.54, 1.807) is 20.8 Å². The molecule has 1 amide bonds. The second kappa shape index (κ2) is 4.81. The summed E-state index contributed by atoms with van der Waals surface area (Å²) >= 11 is 4.56. The van der Waals surface area contributed by atoms with Crippen LogP contribution in [0, 0.1) is 0 Å². The highest BCUT2D eigenvalue weighted by Crippen LogP contribution is 2.44. The topological polar surface area (TPSA) is 55.6 Å². The van der Waals surface area contributed by atoms with E-state index in [-0.39, 0.29) is 19.4 Å². The molecule has 1 atom stereocenters. The Morgan fingerprint density at radius 1 is 1.37 bits per heavy atom. The predicted octanol–water partition coefficient (Wildman–Crippen LogP) is 2.60. The van der Waals surface area contributed by atoms with Gasteiger partial charge in [0.1, 0.15) is 10.6 Å². The van der Waals surface area contributed by atoms with Gasteiger partial charge in [-0.05, 0) is 33.6 Å². The van der Waals surface area contributed by atoms with Gasteiger partial charge < -0.3 is 10.5 Å². The smallest absolute Gasteiger partial charge is 0.418 e. The number of hydrogen-bond donors (Lipinski definition) is 1. The summed E-state index contributed by atoms with van der Waals surface area (Å²) in [6.07, 6.45) is -5.91. The zero-order valence-electron chi connectivity index (χ0n) is 11.0. The Kier molecular flexibility index (Phi) is 4.05. The number of carbonyl (C=O) groups is 1. The van der Waals surface area contributed by atoms with E-state index in [1.165, 1.54) is 0 Å². The van der Waals surface area contributed by atoms with Gasteiger partial charge in [0, 0.05) is 6.54 Å². The van der Waals surface area contributed by atoms with Crippen LogP contribution >= 0.6 is 12.2 Å². The maximum absolute atomic E-state index is 13.3. The first-order chi connectivity index (χ1) is 8.42. The van der Waals surface area contributed by atoms with Gasteiger partial charge in [-0.2, -0.15) is 13.2 Å². The number of alkyl halides is 3. The van der Waals surface area contributed by atoms with E-state index in [9.17, 15) is 18.0 Å². The lowest BCUT2D eigenvalue weighted by Crippen LogP contribution is -2.64. The lowest BCUT2D eigenvalue weighted by atomic mass is 9.95. The molecule has 0 aliphatic carbocycles. The summed E-state index contributed by atoms with van der Waals surface area (Å²) < 4.78 is 44.9. The monoisotopic (exact) mass is 298 g/mol. The van der Waals surface area contributed by atoms with Crippen LogP contribution in [-0.4, -0.2) is 39.8 Å². The number of likely N-dealkylation sites (tertiary alicyclic amines) is 1. The molecule has 1 heterocycles. The molecule has 2 N–H and O–H groups in total. The van der Waals surface area contributed by atoms with Crippen molar-refractivity contribution in [2.75, 3.05) is 6.54 Å². The van der Waals surface area contributed by atoms with E-state index in [4.69, 9.17) is 10.5 Å². The van der Waals surface area contributed by atoms with Crippen LogP contribution in [0.2, 0.25) is 0 Å². The molecule has 0 bridgehead atoms. The van der Waals surface area contributed by atoms with Crippen LogP contribution in [0.4, 0.5) is 18.0 Å². The molecule has 0 saturated carbocycles. The fourth-order valence-corrected chi connectivity index (χ4v) is 2.40. The van der Waals surface area contributed by atoms with Gasteiger partial charge in [0.05, 0.1) is 0 Å². The number of nitrogens with two attached hydrogens (primary N) is 1. The maximum Gasteiger partial charge on any atom is 0.418 e. The molecule has 1 aliphatic rings. The van der Waals surface area contributed by atoms with Gasteiger partial charge in [0.2, 0.25) is 0 Å². The second-order valence-electron chi connectivity index (χ2n) is 5.46. The van der Waals surface area contributed by atoms with Crippen LogP contribution in [-0.2, 0) is 4.74 Å². The van der Waals surface area contributed by atoms with Crippen molar-refractivity contribution in [2.45, 2.75) is 50.9 Å². The fourth-order valence-electron chi connectivity index (χ4n) is 2.07. The Morgan fingerprint density at radius 2 is 1.89 bits per heavy atom. The van der Waals surface area contributed by atoms with Crippen molar-refractivity contribution in [3.05, 3.63) is 0 Å². The van der Waals surface area contributed by atoms with E-state index < -0.39 is 28.4 Å². The molecule has 0 aromatic rings. The third kappa shape index (κ3) is 2.93. The summed E-state index contributed by atoms with van der Waals surface area (Å²) in [6, 6.07) is 0. The molecular weight excluding hydrogens is 281 g/mol. The van der Waals surface area contributed by atoms with Gasteiger partial charge in [-0.3, -0.25) is 4.90 Å². The number of thiocarbonyl (C=S) groups is 1. The Bertz CT molecular complexity index is 392. The molecule has 110 valence electrons. The zero-order chi connectivity index (χ0) is 15.1. The maximum atomic E-state index is 13.3. The van der Waals surface area contributed by atoms with Crippen molar-refractivity contribution in [3.63, 3.8) is 0 Å². The molecule has 1 unspecified atom stereocenters. The van der Waals surface area contributed by atoms with Gasteiger partial charge >= 0.3 is 12.3 Å². The molecule has 8 heteroatoms. The first-order valence-electron chi connectivity index (χ1n) is 5.79. The summed E-state index contributed by atoms with van der Waals surface area (Å²) in [5.41, 5.74) is 1.80. The summed E-state index contributed by atoms with van der Waals surface area (Å²) in [5, 5.41) is 0. The number of nitrogens with zero attached hydrogens (tertiary/aromatic N) is 1. The quantitative estimate of drug-likeness (QED) is 0.756. The molecule has 0 radical (unpaired) electrons. The third-order valence-electron chi connectivity index (χ3n) is 2.87. The highest BCUT2D eigenvalue weighted by Gasteiger charge is 2.64. The molecule has 0 aromatic carbocycles. The van der Waals surface area contributed by atoms with Crippen LogP contribution in [0.15, 0.2) is 0 Å². The van der Waals surface area contributed by atoms with Crippen LogP contribution < -0.4 is 5.73 Å². The summed E-state index contributed by atoms with van der Waals surface area (Å²) in [7, 11) is 0. The van der Waals surface area contributed by atoms with E-state index in [0.717, 1.165) is 0 Å². The van der Waals surface area contributed by atoms with Crippen molar-refractivity contribution in [2.24, 2.45) is 5.73 Å². The van der Waals surface area contributed by atoms with Crippen molar-refractivity contribution in [3.8, 4) is 0 Å². The second-order valence-corrected chi connectivity index (χ2v) is 5.90. The molecule has 1 fully saturated rings. The summed E-state index contributed by atoms with van der Waals surface area (Å²) in [5.74, 6) is 0. The first-order valence-corrected chi connectivity index (χ1v) is 6.20. The number of carbonyl (C=O) groups excluding carboxylic acids is 1. The molecule has 4 nitrogen and oxygen atoms in total. The average molecular weight is 298 g/mol. The molecule has 1 saturated heterocycles. The predicted molar refractivity (Wildman–Crippen MR) is 67.7 cm³/mol. The van der Waals surface area contributed by atoms with Gasteiger partial charge in [-0.25, -0.2) is 4.79 Å². The molecule has 1 aliphatic heterocycles. The van der Waals surface area contributed by atoms with E-state index in [2.05, 4.69) is 12.2 Å². The van der Waals surface area contributed by atoms with Gasteiger partial charge in [0.25, 0.3) is 0 Å². The van der Waals surface area contributed by atoms with Gasteiger partial charge in [0.15, 0.2) is 5.54 Å². The van der Waals surface area contributed by atoms with Crippen LogP contribution in [0.3, 0.4) is 0 Å². The first kappa shape index (κ1) is 16.0. The average Bonchev–Trinajstić information content (AvgIpc) is 2.57. The number of amides is 1. The third-order valence-corrected chi connectivity index (χ3v) is 3.21. The molecule has 0 aromatic heterocycles. The zero-order valence-corrected chi connectivity index (χ0v) is 11.8. The van der Waals surface area contributed by atoms with Crippen molar-refractivity contribution in [1.82, 2.24) is 4.90 Å². The van der Waals surface area contributed by atoms with Crippen LogP contribution in [0.25, 0.3) is 0 Å². The Balaban J connectivity index is 3.12. The summed E-state index contributed by atoms with van der Waals surface area (Å²) in [4.78, 5) is 11.8. The lowest BCUT2D eigenvalue weighted by molar-refractivity contribution is -0.194. The molecular formula is C11H17F3N2O2S. The highest BCUT2D eigenvalue weighted by atomic mass is 32.1. The Morgan fingerprint density at radius 3 is 2.26 bits per heavy atom. The van der Waals surface area contributed by atoms with E-state index in [0.29, 0.717) is 4.90 Å². The molecule has 19 heavy (non-hydrogen) atoms. The van der Waals surface area contributed by atoms with Crippen molar-refractivity contribution >= 4 is 23.3 Å².